The zero-order valence-electron chi connectivity index (χ0n) is 18.2. The summed E-state index contributed by atoms with van der Waals surface area (Å²) in [4.78, 5) is 15.3. The summed E-state index contributed by atoms with van der Waals surface area (Å²) in [6, 6.07) is 15.0. The average Bonchev–Trinajstić information content (AvgIpc) is 2.92. The normalized spacial score (nSPS) is 15.6. The largest absolute Gasteiger partial charge is 0.480 e. The number of fused-ring (bicyclic) bond motifs is 1. The van der Waals surface area contributed by atoms with Crippen LogP contribution in [-0.2, 0) is 16.1 Å². The molecule has 3 rings (SSSR count). The Hall–Kier alpha value is -1.67. The number of carboxylic acids is 1. The summed E-state index contributed by atoms with van der Waals surface area (Å²) in [5.41, 5.74) is 3.32. The van der Waals surface area contributed by atoms with E-state index in [2.05, 4.69) is 66.8 Å². The molecule has 2 aromatic carbocycles. The summed E-state index contributed by atoms with van der Waals surface area (Å²) < 4.78 is 8.80. The van der Waals surface area contributed by atoms with Crippen LogP contribution in [0, 0.1) is 0 Å². The summed E-state index contributed by atoms with van der Waals surface area (Å²) in [5.74, 6) is -0.953. The maximum absolute atomic E-state index is 10.7. The number of nitrogens with one attached hydrogen (secondary N) is 1. The summed E-state index contributed by atoms with van der Waals surface area (Å²) in [5, 5.41) is 8.79. The highest BCUT2D eigenvalue weighted by molar-refractivity contribution is 7.98. The van der Waals surface area contributed by atoms with Crippen LogP contribution in [-0.4, -0.2) is 36.5 Å². The Balaban J connectivity index is 0.000000735. The number of para-hydroxylation sites is 1. The van der Waals surface area contributed by atoms with Crippen LogP contribution in [0.15, 0.2) is 52.3 Å². The second-order valence-corrected chi connectivity index (χ2v) is 8.81. The molecule has 1 heterocycles. The maximum atomic E-state index is 10.7. The molecular formula is C23H32N2O3S2. The van der Waals surface area contributed by atoms with Gasteiger partial charge in [0.2, 0.25) is 0 Å². The second kappa shape index (κ2) is 12.9. The van der Waals surface area contributed by atoms with Gasteiger partial charge < -0.3 is 14.7 Å². The van der Waals surface area contributed by atoms with Crippen LogP contribution in [0.4, 0.5) is 11.4 Å². The highest BCUT2D eigenvalue weighted by Gasteiger charge is 2.23. The Morgan fingerprint density at radius 2 is 1.97 bits per heavy atom. The molecule has 0 amide bonds. The first-order valence-corrected chi connectivity index (χ1v) is 12.3. The number of anilines is 2. The third-order valence-corrected chi connectivity index (χ3v) is 6.42. The molecule has 2 aromatic rings. The highest BCUT2D eigenvalue weighted by atomic mass is 32.2. The van der Waals surface area contributed by atoms with Crippen LogP contribution < -0.4 is 9.62 Å². The molecule has 1 aliphatic rings. The fourth-order valence-electron chi connectivity index (χ4n) is 2.86. The molecule has 0 saturated heterocycles. The number of hydrogen-bond acceptors (Lipinski definition) is 6. The molecule has 7 heteroatoms. The monoisotopic (exact) mass is 448 g/mol. The number of carbonyl (C=O) groups is 1. The van der Waals surface area contributed by atoms with Gasteiger partial charge >= 0.3 is 5.97 Å². The van der Waals surface area contributed by atoms with E-state index >= 15 is 0 Å². The van der Waals surface area contributed by atoms with Crippen molar-refractivity contribution in [3.63, 3.8) is 0 Å². The number of thioether (sulfide) groups is 1. The Morgan fingerprint density at radius 1 is 1.27 bits per heavy atom. The van der Waals surface area contributed by atoms with Crippen molar-refractivity contribution in [2.45, 2.75) is 56.1 Å². The van der Waals surface area contributed by atoms with Crippen molar-refractivity contribution in [3.8, 4) is 0 Å². The van der Waals surface area contributed by atoms with Crippen molar-refractivity contribution >= 4 is 41.1 Å². The van der Waals surface area contributed by atoms with Crippen LogP contribution in [0.5, 0.6) is 0 Å². The lowest BCUT2D eigenvalue weighted by molar-refractivity contribution is -0.142. The summed E-state index contributed by atoms with van der Waals surface area (Å²) in [6.07, 6.45) is 4.67. The molecule has 30 heavy (non-hydrogen) atoms. The Labute approximate surface area is 188 Å². The van der Waals surface area contributed by atoms with Gasteiger partial charge in [0, 0.05) is 28.1 Å². The third kappa shape index (κ3) is 7.23. The summed E-state index contributed by atoms with van der Waals surface area (Å²) in [6.45, 7) is 7.40. The predicted molar refractivity (Wildman–Crippen MR) is 128 cm³/mol. The fourth-order valence-corrected chi connectivity index (χ4v) is 4.35. The van der Waals surface area contributed by atoms with Crippen LogP contribution in [0.25, 0.3) is 0 Å². The Bertz CT molecular complexity index is 801. The Kier molecular flexibility index (Phi) is 10.6. The zero-order chi connectivity index (χ0) is 21.9. The van der Waals surface area contributed by atoms with Gasteiger partial charge in [-0.1, -0.05) is 44.9 Å². The molecule has 0 aliphatic carbocycles. The van der Waals surface area contributed by atoms with Crippen molar-refractivity contribution in [3.05, 3.63) is 48.0 Å². The molecule has 164 valence electrons. The number of carboxylic acid groups (broad SMARTS) is 1. The van der Waals surface area contributed by atoms with E-state index in [-0.39, 0.29) is 13.2 Å². The minimum absolute atomic E-state index is 0.288. The van der Waals surface area contributed by atoms with Gasteiger partial charge in [-0.25, -0.2) is 4.79 Å². The molecule has 0 saturated carbocycles. The van der Waals surface area contributed by atoms with Gasteiger partial charge in [0.25, 0.3) is 0 Å². The topological polar surface area (TPSA) is 61.8 Å². The van der Waals surface area contributed by atoms with E-state index in [1.165, 1.54) is 12.8 Å². The van der Waals surface area contributed by atoms with Gasteiger partial charge in [0.15, 0.2) is 0 Å². The SMILES string of the molecule is CCCC.CSc1cc2c(cc1COCC(=O)O)SNC(C)CN2c1ccccc1. The molecular weight excluding hydrogens is 416 g/mol. The van der Waals surface area contributed by atoms with Crippen molar-refractivity contribution < 1.29 is 14.6 Å². The molecule has 1 atom stereocenters. The zero-order valence-corrected chi connectivity index (χ0v) is 19.8. The van der Waals surface area contributed by atoms with Crippen LogP contribution in [0.3, 0.4) is 0 Å². The van der Waals surface area contributed by atoms with E-state index < -0.39 is 5.97 Å². The van der Waals surface area contributed by atoms with Crippen LogP contribution in [0.1, 0.15) is 39.2 Å². The fraction of sp³-hybridized carbons (Fsp3) is 0.435. The number of hydrogen-bond donors (Lipinski definition) is 2. The minimum atomic E-state index is -0.953. The van der Waals surface area contributed by atoms with E-state index in [0.717, 1.165) is 33.3 Å². The maximum Gasteiger partial charge on any atom is 0.329 e. The van der Waals surface area contributed by atoms with E-state index in [0.29, 0.717) is 6.04 Å². The minimum Gasteiger partial charge on any atom is -0.480 e. The van der Waals surface area contributed by atoms with Crippen molar-refractivity contribution in [2.75, 3.05) is 24.3 Å². The number of rotatable bonds is 7. The predicted octanol–water partition coefficient (Wildman–Crippen LogP) is 5.95. The second-order valence-electron chi connectivity index (χ2n) is 7.09. The number of aliphatic carboxylic acids is 1. The number of unbranched alkanes of at least 4 members (excludes halogenated alkanes) is 1. The average molecular weight is 449 g/mol. The van der Waals surface area contributed by atoms with Crippen molar-refractivity contribution in [2.24, 2.45) is 0 Å². The molecule has 1 aliphatic heterocycles. The standard InChI is InChI=1S/C19H22N2O3S2.C4H10/c1-13-10-21(15-6-4-3-5-7-15)16-9-17(25-2)14(8-18(16)26-20-13)11-24-12-19(22)23;1-3-4-2/h3-9,13,20H,10-12H2,1-2H3,(H,22,23);3-4H2,1-2H3. The van der Waals surface area contributed by atoms with Crippen LogP contribution >= 0.6 is 23.7 Å². The van der Waals surface area contributed by atoms with Crippen LogP contribution in [0.2, 0.25) is 0 Å². The third-order valence-electron chi connectivity index (χ3n) is 4.53. The summed E-state index contributed by atoms with van der Waals surface area (Å²) in [7, 11) is 0. The number of benzene rings is 2. The quantitative estimate of drug-likeness (QED) is 0.401. The van der Waals surface area contributed by atoms with Crippen molar-refractivity contribution in [1.82, 2.24) is 4.72 Å². The van der Waals surface area contributed by atoms with E-state index in [1.54, 1.807) is 23.7 Å². The van der Waals surface area contributed by atoms with E-state index in [4.69, 9.17) is 9.84 Å². The number of ether oxygens (including phenoxy) is 1. The van der Waals surface area contributed by atoms with Gasteiger partial charge in [0.05, 0.1) is 12.3 Å². The molecule has 5 nitrogen and oxygen atoms in total. The van der Waals surface area contributed by atoms with Gasteiger partial charge in [-0.3, -0.25) is 4.72 Å². The van der Waals surface area contributed by atoms with Crippen molar-refractivity contribution in [1.29, 1.82) is 0 Å². The van der Waals surface area contributed by atoms with E-state index in [1.807, 2.05) is 12.3 Å². The first kappa shape index (κ1) is 24.6. The molecule has 2 N–H and O–H groups in total. The van der Waals surface area contributed by atoms with Gasteiger partial charge in [0.1, 0.15) is 6.61 Å². The van der Waals surface area contributed by atoms with Gasteiger partial charge in [-0.15, -0.1) is 11.8 Å². The molecule has 0 bridgehead atoms. The smallest absolute Gasteiger partial charge is 0.329 e. The number of nitrogens with zero attached hydrogens (tertiary/aromatic N) is 1. The molecule has 0 aromatic heterocycles. The lowest BCUT2D eigenvalue weighted by atomic mass is 10.1. The van der Waals surface area contributed by atoms with Gasteiger partial charge in [-0.2, -0.15) is 0 Å². The Morgan fingerprint density at radius 3 is 2.57 bits per heavy atom. The highest BCUT2D eigenvalue weighted by Crippen LogP contribution is 2.40. The van der Waals surface area contributed by atoms with E-state index in [9.17, 15) is 4.79 Å². The molecule has 0 fully saturated rings. The summed E-state index contributed by atoms with van der Waals surface area (Å²) >= 11 is 3.26. The lowest BCUT2D eigenvalue weighted by Crippen LogP contribution is -2.31. The molecule has 0 radical (unpaired) electrons. The lowest BCUT2D eigenvalue weighted by Gasteiger charge is -2.27. The molecule has 0 spiro atoms. The van der Waals surface area contributed by atoms with Gasteiger partial charge in [-0.05, 0) is 55.0 Å². The first-order chi connectivity index (χ1) is 14.5. The molecule has 1 unspecified atom stereocenters. The first-order valence-electron chi connectivity index (χ1n) is 10.3.